The van der Waals surface area contributed by atoms with Gasteiger partial charge in [0.25, 0.3) is 0 Å². The fraction of sp³-hybridized carbons (Fsp3) is 0.0909. The lowest BCUT2D eigenvalue weighted by Crippen LogP contribution is -1.91. The van der Waals surface area contributed by atoms with Gasteiger partial charge in [0.1, 0.15) is 0 Å². The van der Waals surface area contributed by atoms with E-state index in [1.165, 1.54) is 10.9 Å². The number of benzene rings is 1. The van der Waals surface area contributed by atoms with E-state index in [4.69, 9.17) is 11.2 Å². The quantitative estimate of drug-likeness (QED) is 0.643. The van der Waals surface area contributed by atoms with Crippen LogP contribution in [0.1, 0.15) is 11.5 Å². The second kappa shape index (κ2) is 4.09. The Balaban J connectivity index is 2.28. The molecule has 0 aromatic heterocycles. The standard InChI is InChI=1S/C11H10ClP/c12-13-11-8-4-7-10(11)9-5-2-1-3-6-9/h1-8,10,13H. The summed E-state index contributed by atoms with van der Waals surface area (Å²) in [4.78, 5) is 0. The van der Waals surface area contributed by atoms with Crippen LogP contribution in [-0.2, 0) is 0 Å². The van der Waals surface area contributed by atoms with Gasteiger partial charge in [0.2, 0.25) is 0 Å². The number of hydrogen-bond donors (Lipinski definition) is 0. The molecular weight excluding hydrogens is 199 g/mol. The number of hydrogen-bond acceptors (Lipinski definition) is 0. The van der Waals surface area contributed by atoms with Crippen molar-refractivity contribution in [1.82, 2.24) is 0 Å². The van der Waals surface area contributed by atoms with E-state index in [9.17, 15) is 0 Å². The van der Waals surface area contributed by atoms with Crippen LogP contribution in [0, 0.1) is 0 Å². The Morgan fingerprint density at radius 2 is 1.92 bits per heavy atom. The van der Waals surface area contributed by atoms with Gasteiger partial charge in [-0.2, -0.15) is 0 Å². The highest BCUT2D eigenvalue weighted by Crippen LogP contribution is 2.43. The molecule has 13 heavy (non-hydrogen) atoms. The molecule has 0 fully saturated rings. The van der Waals surface area contributed by atoms with Gasteiger partial charge < -0.3 is 0 Å². The summed E-state index contributed by atoms with van der Waals surface area (Å²) in [6.45, 7) is 0. The average Bonchev–Trinajstić information content (AvgIpc) is 2.67. The van der Waals surface area contributed by atoms with Gasteiger partial charge in [-0.3, -0.25) is 0 Å². The summed E-state index contributed by atoms with van der Waals surface area (Å²) in [5.41, 5.74) is 1.33. The first-order valence-electron chi connectivity index (χ1n) is 4.22. The van der Waals surface area contributed by atoms with Crippen molar-refractivity contribution in [2.45, 2.75) is 5.92 Å². The largest absolute Gasteiger partial charge is 0.0951 e. The summed E-state index contributed by atoms with van der Waals surface area (Å²) in [7, 11) is 0.388. The zero-order valence-corrected chi connectivity index (χ0v) is 8.83. The number of halogens is 1. The van der Waals surface area contributed by atoms with Gasteiger partial charge in [0, 0.05) is 13.9 Å². The summed E-state index contributed by atoms with van der Waals surface area (Å²) in [6.07, 6.45) is 6.39. The van der Waals surface area contributed by atoms with Crippen molar-refractivity contribution in [3.8, 4) is 0 Å². The number of rotatable bonds is 2. The Kier molecular flexibility index (Phi) is 2.83. The molecule has 0 aliphatic heterocycles. The third-order valence-electron chi connectivity index (χ3n) is 2.18. The van der Waals surface area contributed by atoms with Crippen molar-refractivity contribution < 1.29 is 0 Å². The van der Waals surface area contributed by atoms with Crippen LogP contribution in [0.3, 0.4) is 0 Å². The first kappa shape index (κ1) is 8.99. The summed E-state index contributed by atoms with van der Waals surface area (Å²) in [5, 5.41) is 1.31. The van der Waals surface area contributed by atoms with E-state index in [1.807, 2.05) is 6.07 Å². The fourth-order valence-electron chi connectivity index (χ4n) is 1.52. The molecule has 1 aromatic carbocycles. The van der Waals surface area contributed by atoms with E-state index in [-0.39, 0.29) is 0 Å². The highest BCUT2D eigenvalue weighted by atomic mass is 35.7. The van der Waals surface area contributed by atoms with Gasteiger partial charge in [-0.1, -0.05) is 59.8 Å². The molecule has 2 unspecified atom stereocenters. The van der Waals surface area contributed by atoms with Crippen LogP contribution in [0.2, 0.25) is 0 Å². The Bertz CT molecular complexity index is 340. The van der Waals surface area contributed by atoms with Crippen LogP contribution in [0.4, 0.5) is 0 Å². The second-order valence-electron chi connectivity index (χ2n) is 2.99. The van der Waals surface area contributed by atoms with Gasteiger partial charge in [0.05, 0.1) is 0 Å². The molecule has 0 saturated carbocycles. The third-order valence-corrected chi connectivity index (χ3v) is 3.53. The molecule has 2 atom stereocenters. The SMILES string of the molecule is ClPC1=CC=CC1c1ccccc1. The van der Waals surface area contributed by atoms with Gasteiger partial charge in [-0.15, -0.1) is 0 Å². The lowest BCUT2D eigenvalue weighted by molar-refractivity contribution is 1.09. The summed E-state index contributed by atoms with van der Waals surface area (Å²) in [5.74, 6) is 0.414. The molecule has 0 bridgehead atoms. The predicted molar refractivity (Wildman–Crippen MR) is 60.6 cm³/mol. The summed E-state index contributed by atoms with van der Waals surface area (Å²) < 4.78 is 0. The van der Waals surface area contributed by atoms with Crippen molar-refractivity contribution in [2.24, 2.45) is 0 Å². The molecule has 0 saturated heterocycles. The molecule has 2 heteroatoms. The van der Waals surface area contributed by atoms with E-state index in [0.717, 1.165) is 0 Å². The monoisotopic (exact) mass is 208 g/mol. The van der Waals surface area contributed by atoms with Gasteiger partial charge in [0.15, 0.2) is 0 Å². The van der Waals surface area contributed by atoms with Crippen molar-refractivity contribution in [3.63, 3.8) is 0 Å². The molecule has 2 rings (SSSR count). The maximum atomic E-state index is 5.87. The molecule has 1 aliphatic rings. The summed E-state index contributed by atoms with van der Waals surface area (Å²) >= 11 is 5.87. The summed E-state index contributed by atoms with van der Waals surface area (Å²) in [6, 6.07) is 10.5. The Labute approximate surface area is 84.9 Å². The van der Waals surface area contributed by atoms with Crippen molar-refractivity contribution in [3.05, 3.63) is 59.4 Å². The van der Waals surface area contributed by atoms with Gasteiger partial charge >= 0.3 is 0 Å². The second-order valence-corrected chi connectivity index (χ2v) is 4.32. The van der Waals surface area contributed by atoms with Crippen molar-refractivity contribution >= 4 is 19.2 Å². The Hall–Kier alpha value is -0.580. The Morgan fingerprint density at radius 1 is 1.15 bits per heavy atom. The Morgan fingerprint density at radius 3 is 2.62 bits per heavy atom. The van der Waals surface area contributed by atoms with Gasteiger partial charge in [-0.05, 0) is 10.9 Å². The predicted octanol–water partition coefficient (Wildman–Crippen LogP) is 4.06. The van der Waals surface area contributed by atoms with E-state index in [0.29, 0.717) is 13.9 Å². The first-order chi connectivity index (χ1) is 6.42. The van der Waals surface area contributed by atoms with Crippen molar-refractivity contribution in [2.75, 3.05) is 0 Å². The minimum absolute atomic E-state index is 0.388. The molecule has 0 amide bonds. The highest BCUT2D eigenvalue weighted by molar-refractivity contribution is 7.72. The average molecular weight is 209 g/mol. The van der Waals surface area contributed by atoms with Crippen LogP contribution < -0.4 is 0 Å². The maximum absolute atomic E-state index is 5.87. The molecular formula is C11H10ClP. The van der Waals surface area contributed by atoms with Crippen LogP contribution in [0.15, 0.2) is 53.9 Å². The molecule has 1 aromatic rings. The molecule has 66 valence electrons. The topological polar surface area (TPSA) is 0 Å². The maximum Gasteiger partial charge on any atom is 0.0286 e. The first-order valence-corrected chi connectivity index (χ1v) is 6.23. The smallest absolute Gasteiger partial charge is 0.0286 e. The van der Waals surface area contributed by atoms with Crippen LogP contribution in [0.5, 0.6) is 0 Å². The normalized spacial score (nSPS) is 21.3. The lowest BCUT2D eigenvalue weighted by Gasteiger charge is -2.11. The van der Waals surface area contributed by atoms with Crippen LogP contribution in [0.25, 0.3) is 0 Å². The van der Waals surface area contributed by atoms with Crippen LogP contribution >= 0.6 is 19.2 Å². The van der Waals surface area contributed by atoms with E-state index >= 15 is 0 Å². The van der Waals surface area contributed by atoms with E-state index < -0.39 is 0 Å². The minimum Gasteiger partial charge on any atom is -0.0951 e. The fourth-order valence-corrected chi connectivity index (χ4v) is 2.60. The molecule has 1 aliphatic carbocycles. The van der Waals surface area contributed by atoms with Gasteiger partial charge in [-0.25, -0.2) is 0 Å². The lowest BCUT2D eigenvalue weighted by atomic mass is 10.0. The zero-order valence-electron chi connectivity index (χ0n) is 7.07. The zero-order chi connectivity index (χ0) is 9.10. The van der Waals surface area contributed by atoms with Crippen molar-refractivity contribution in [1.29, 1.82) is 0 Å². The highest BCUT2D eigenvalue weighted by Gasteiger charge is 2.15. The molecule has 0 N–H and O–H groups in total. The van der Waals surface area contributed by atoms with E-state index in [1.54, 1.807) is 0 Å². The molecule has 0 radical (unpaired) electrons. The van der Waals surface area contributed by atoms with Crippen LogP contribution in [-0.4, -0.2) is 0 Å². The minimum atomic E-state index is 0.388. The van der Waals surface area contributed by atoms with E-state index in [2.05, 4.69) is 42.5 Å². The molecule has 0 spiro atoms. The number of allylic oxidation sites excluding steroid dienone is 4. The third kappa shape index (κ3) is 1.85. The molecule has 0 nitrogen and oxygen atoms in total. The molecule has 0 heterocycles.